The molecule has 2 unspecified atom stereocenters. The molecule has 0 aliphatic carbocycles. The number of amides is 3. The molecule has 184 valence electrons. The van der Waals surface area contributed by atoms with E-state index in [9.17, 15) is 14.4 Å². The Morgan fingerprint density at radius 3 is 2.26 bits per heavy atom. The van der Waals surface area contributed by atoms with Crippen molar-refractivity contribution in [3.05, 3.63) is 72.4 Å². The van der Waals surface area contributed by atoms with Crippen LogP contribution in [0.4, 0.5) is 5.69 Å². The van der Waals surface area contributed by atoms with Gasteiger partial charge in [-0.25, -0.2) is 0 Å². The third-order valence-electron chi connectivity index (χ3n) is 5.42. The normalized spacial score (nSPS) is 12.5. The van der Waals surface area contributed by atoms with Gasteiger partial charge in [-0.3, -0.25) is 19.4 Å². The molecule has 2 aromatic carbocycles. The number of nitrogens with two attached hydrogens (primary N) is 3. The quantitative estimate of drug-likeness (QED) is 0.268. The van der Waals surface area contributed by atoms with Crippen LogP contribution in [0.5, 0.6) is 0 Å². The lowest BCUT2D eigenvalue weighted by atomic mass is 10.0. The summed E-state index contributed by atoms with van der Waals surface area (Å²) in [7, 11) is 0. The molecule has 10 heteroatoms. The summed E-state index contributed by atoms with van der Waals surface area (Å²) in [4.78, 5) is 44.5. The van der Waals surface area contributed by atoms with Crippen molar-refractivity contribution in [1.82, 2.24) is 15.2 Å². The number of anilines is 1. The first-order valence-corrected chi connectivity index (χ1v) is 11.4. The van der Waals surface area contributed by atoms with Gasteiger partial charge in [-0.05, 0) is 17.7 Å². The maximum Gasteiger partial charge on any atom is 0.251 e. The Balaban J connectivity index is 1.73. The van der Waals surface area contributed by atoms with Crippen molar-refractivity contribution < 1.29 is 14.4 Å². The van der Waals surface area contributed by atoms with Gasteiger partial charge in [0, 0.05) is 31.6 Å². The lowest BCUT2D eigenvalue weighted by molar-refractivity contribution is -0.134. The van der Waals surface area contributed by atoms with Gasteiger partial charge >= 0.3 is 0 Å². The summed E-state index contributed by atoms with van der Waals surface area (Å²) >= 11 is 0. The summed E-state index contributed by atoms with van der Waals surface area (Å²) in [6.45, 7) is 1.18. The smallest absolute Gasteiger partial charge is 0.251 e. The van der Waals surface area contributed by atoms with Crippen LogP contribution in [-0.4, -0.2) is 59.8 Å². The first-order valence-electron chi connectivity index (χ1n) is 11.4. The standard InChI is InChI=1S/C25H31N7O3/c26-10-12-32(13-11-27)22(33)15-20(28)24(34)31-23(17-6-2-1-3-7-17)25(35)30-19-14-18-8-4-5-9-21(18)29-16-19/h1-9,14,16,20,23H,10-13,15,26-28H2,(H,30,35)(H,31,34). The number of benzene rings is 2. The van der Waals surface area contributed by atoms with Gasteiger partial charge in [0.1, 0.15) is 6.04 Å². The van der Waals surface area contributed by atoms with Crippen LogP contribution >= 0.6 is 0 Å². The number of aromatic nitrogens is 1. The number of nitrogens with zero attached hydrogens (tertiary/aromatic N) is 2. The lowest BCUT2D eigenvalue weighted by Gasteiger charge is -2.24. The molecule has 8 N–H and O–H groups in total. The van der Waals surface area contributed by atoms with E-state index in [1.807, 2.05) is 24.3 Å². The van der Waals surface area contributed by atoms with Crippen molar-refractivity contribution in [2.24, 2.45) is 17.2 Å². The highest BCUT2D eigenvalue weighted by atomic mass is 16.2. The van der Waals surface area contributed by atoms with Crippen LogP contribution in [0.3, 0.4) is 0 Å². The molecule has 0 spiro atoms. The Morgan fingerprint density at radius 1 is 0.914 bits per heavy atom. The van der Waals surface area contributed by atoms with E-state index in [-0.39, 0.29) is 25.4 Å². The van der Waals surface area contributed by atoms with E-state index in [0.717, 1.165) is 10.9 Å². The highest BCUT2D eigenvalue weighted by molar-refractivity contribution is 6.00. The van der Waals surface area contributed by atoms with Gasteiger partial charge in [-0.15, -0.1) is 0 Å². The van der Waals surface area contributed by atoms with Crippen LogP contribution in [-0.2, 0) is 14.4 Å². The topological polar surface area (TPSA) is 169 Å². The van der Waals surface area contributed by atoms with E-state index in [2.05, 4.69) is 15.6 Å². The predicted molar refractivity (Wildman–Crippen MR) is 135 cm³/mol. The predicted octanol–water partition coefficient (Wildman–Crippen LogP) is 0.494. The number of nitrogens with one attached hydrogen (secondary N) is 2. The highest BCUT2D eigenvalue weighted by Gasteiger charge is 2.27. The molecular formula is C25H31N7O3. The summed E-state index contributed by atoms with van der Waals surface area (Å²) in [5.74, 6) is -1.42. The van der Waals surface area contributed by atoms with Crippen LogP contribution in [0.1, 0.15) is 18.0 Å². The number of para-hydroxylation sites is 1. The van der Waals surface area contributed by atoms with Crippen molar-refractivity contribution in [1.29, 1.82) is 0 Å². The van der Waals surface area contributed by atoms with Crippen molar-refractivity contribution in [3.8, 4) is 0 Å². The molecule has 0 saturated heterocycles. The van der Waals surface area contributed by atoms with Crippen LogP contribution in [0, 0.1) is 0 Å². The maximum absolute atomic E-state index is 13.2. The molecule has 3 rings (SSSR count). The molecular weight excluding hydrogens is 446 g/mol. The minimum Gasteiger partial charge on any atom is -0.340 e. The third kappa shape index (κ3) is 7.06. The molecule has 3 aromatic rings. The number of pyridine rings is 1. The number of carbonyl (C=O) groups excluding carboxylic acids is 3. The van der Waals surface area contributed by atoms with Crippen LogP contribution in [0.15, 0.2) is 66.9 Å². The monoisotopic (exact) mass is 477 g/mol. The zero-order valence-electron chi connectivity index (χ0n) is 19.4. The van der Waals surface area contributed by atoms with E-state index in [4.69, 9.17) is 17.2 Å². The molecule has 1 aromatic heterocycles. The number of hydrogen-bond donors (Lipinski definition) is 5. The summed E-state index contributed by atoms with van der Waals surface area (Å²) in [5.41, 5.74) is 19.0. The second kappa shape index (κ2) is 12.6. The second-order valence-corrected chi connectivity index (χ2v) is 8.03. The molecule has 3 amide bonds. The Labute approximate surface area is 203 Å². The van der Waals surface area contributed by atoms with Gasteiger partial charge in [0.2, 0.25) is 11.8 Å². The molecule has 2 atom stereocenters. The van der Waals surface area contributed by atoms with E-state index in [0.29, 0.717) is 24.3 Å². The van der Waals surface area contributed by atoms with Gasteiger partial charge in [-0.1, -0.05) is 48.5 Å². The maximum atomic E-state index is 13.2. The van der Waals surface area contributed by atoms with Crippen molar-refractivity contribution >= 4 is 34.3 Å². The summed E-state index contributed by atoms with van der Waals surface area (Å²) < 4.78 is 0. The van der Waals surface area contributed by atoms with Crippen molar-refractivity contribution in [3.63, 3.8) is 0 Å². The van der Waals surface area contributed by atoms with E-state index < -0.39 is 23.9 Å². The van der Waals surface area contributed by atoms with Crippen molar-refractivity contribution in [2.45, 2.75) is 18.5 Å². The van der Waals surface area contributed by atoms with Gasteiger partial charge < -0.3 is 32.7 Å². The number of fused-ring (bicyclic) bond motifs is 1. The lowest BCUT2D eigenvalue weighted by Crippen LogP contribution is -2.48. The molecule has 0 saturated carbocycles. The first-order chi connectivity index (χ1) is 16.9. The largest absolute Gasteiger partial charge is 0.340 e. The fourth-order valence-electron chi connectivity index (χ4n) is 3.63. The van der Waals surface area contributed by atoms with Crippen LogP contribution in [0.2, 0.25) is 0 Å². The molecule has 0 bridgehead atoms. The summed E-state index contributed by atoms with van der Waals surface area (Å²) in [6, 6.07) is 15.9. The molecule has 0 aliphatic heterocycles. The molecule has 0 radical (unpaired) electrons. The average molecular weight is 478 g/mol. The molecule has 0 aliphatic rings. The first kappa shape index (κ1) is 25.8. The minimum absolute atomic E-state index is 0.233. The Morgan fingerprint density at radius 2 is 1.57 bits per heavy atom. The Kier molecular flexibility index (Phi) is 9.24. The zero-order valence-corrected chi connectivity index (χ0v) is 19.4. The molecule has 10 nitrogen and oxygen atoms in total. The molecule has 1 heterocycles. The second-order valence-electron chi connectivity index (χ2n) is 8.03. The summed E-state index contributed by atoms with van der Waals surface area (Å²) in [6.07, 6.45) is 1.32. The zero-order chi connectivity index (χ0) is 25.2. The van der Waals surface area contributed by atoms with Crippen LogP contribution < -0.4 is 27.8 Å². The van der Waals surface area contributed by atoms with E-state index in [1.54, 1.807) is 42.6 Å². The highest BCUT2D eigenvalue weighted by Crippen LogP contribution is 2.19. The summed E-state index contributed by atoms with van der Waals surface area (Å²) in [5, 5.41) is 6.36. The van der Waals surface area contributed by atoms with Crippen molar-refractivity contribution in [2.75, 3.05) is 31.5 Å². The third-order valence-corrected chi connectivity index (χ3v) is 5.42. The van der Waals surface area contributed by atoms with E-state index in [1.165, 1.54) is 4.90 Å². The van der Waals surface area contributed by atoms with Gasteiger partial charge in [0.05, 0.1) is 29.9 Å². The fourth-order valence-corrected chi connectivity index (χ4v) is 3.63. The van der Waals surface area contributed by atoms with Gasteiger partial charge in [0.25, 0.3) is 5.91 Å². The number of hydrogen-bond acceptors (Lipinski definition) is 7. The molecule has 35 heavy (non-hydrogen) atoms. The average Bonchev–Trinajstić information content (AvgIpc) is 2.87. The minimum atomic E-state index is -1.15. The van der Waals surface area contributed by atoms with Gasteiger partial charge in [0.15, 0.2) is 0 Å². The van der Waals surface area contributed by atoms with Crippen LogP contribution in [0.25, 0.3) is 10.9 Å². The number of rotatable bonds is 11. The Hall–Kier alpha value is -3.86. The number of carbonyl (C=O) groups is 3. The fraction of sp³-hybridized carbons (Fsp3) is 0.280. The van der Waals surface area contributed by atoms with E-state index >= 15 is 0 Å². The Bertz CT molecular complexity index is 1150. The SMILES string of the molecule is NCCN(CCN)C(=O)CC(N)C(=O)NC(C(=O)Nc1cnc2ccccc2c1)c1ccccc1. The van der Waals surface area contributed by atoms with Gasteiger partial charge in [-0.2, -0.15) is 0 Å². The molecule has 0 fully saturated rings.